The molecule has 0 heterocycles. The Morgan fingerprint density at radius 1 is 1.11 bits per heavy atom. The first-order valence-electron chi connectivity index (χ1n) is 7.90. The van der Waals surface area contributed by atoms with E-state index in [1.807, 2.05) is 0 Å². The molecule has 0 aromatic heterocycles. The number of ether oxygens (including phenoxy) is 2. The van der Waals surface area contributed by atoms with Crippen molar-refractivity contribution in [3.8, 4) is 0 Å². The Balaban J connectivity index is 1.85. The Bertz CT molecular complexity index is 196. The van der Waals surface area contributed by atoms with E-state index in [0.717, 1.165) is 19.4 Å². The lowest BCUT2D eigenvalue weighted by atomic mass is 9.95. The number of rotatable bonds is 11. The highest BCUT2D eigenvalue weighted by Crippen LogP contribution is 2.17. The third-order valence-electron chi connectivity index (χ3n) is 3.57. The fraction of sp³-hybridized carbons (Fsp3) is 1.00. The monoisotopic (exact) mass is 273 g/mol. The lowest BCUT2D eigenvalue weighted by molar-refractivity contribution is 0.00289. The summed E-state index contributed by atoms with van der Waals surface area (Å²) in [6.45, 7) is 5.20. The number of nitrogens with one attached hydrogen (secondary N) is 1. The van der Waals surface area contributed by atoms with E-state index in [1.165, 1.54) is 32.1 Å². The van der Waals surface area contributed by atoms with Gasteiger partial charge in [-0.25, -0.2) is 0 Å². The van der Waals surface area contributed by atoms with Crippen molar-refractivity contribution in [3.05, 3.63) is 0 Å². The Hall–Kier alpha value is -0.160. The minimum Gasteiger partial charge on any atom is -0.389 e. The van der Waals surface area contributed by atoms with E-state index in [9.17, 15) is 5.11 Å². The zero-order valence-corrected chi connectivity index (χ0v) is 12.4. The lowest BCUT2D eigenvalue weighted by Gasteiger charge is -2.24. The summed E-state index contributed by atoms with van der Waals surface area (Å²) in [4.78, 5) is 0. The normalized spacial score (nSPS) is 18.6. The highest BCUT2D eigenvalue weighted by Gasteiger charge is 2.14. The van der Waals surface area contributed by atoms with Crippen molar-refractivity contribution >= 4 is 0 Å². The molecule has 19 heavy (non-hydrogen) atoms. The molecule has 1 unspecified atom stereocenters. The minimum absolute atomic E-state index is 0.400. The Morgan fingerprint density at radius 3 is 2.58 bits per heavy atom. The average Bonchev–Trinajstić information content (AvgIpc) is 2.45. The second kappa shape index (κ2) is 11.6. The molecule has 0 amide bonds. The summed E-state index contributed by atoms with van der Waals surface area (Å²) in [6, 6.07) is 0.598. The number of aliphatic hydroxyl groups excluding tert-OH is 1. The van der Waals surface area contributed by atoms with Gasteiger partial charge in [-0.2, -0.15) is 0 Å². The summed E-state index contributed by atoms with van der Waals surface area (Å²) in [6.07, 6.45) is 8.36. The highest BCUT2D eigenvalue weighted by atomic mass is 16.5. The van der Waals surface area contributed by atoms with Crippen molar-refractivity contribution in [2.75, 3.05) is 33.0 Å². The summed E-state index contributed by atoms with van der Waals surface area (Å²) >= 11 is 0. The Morgan fingerprint density at radius 2 is 1.84 bits per heavy atom. The maximum atomic E-state index is 9.79. The molecule has 1 aliphatic carbocycles. The standard InChI is InChI=1S/C15H31NO3/c1-2-3-9-18-10-11-19-13-15(17)12-16-14-7-5-4-6-8-14/h14-17H,2-13H2,1H3. The second-order valence-electron chi connectivity index (χ2n) is 5.44. The van der Waals surface area contributed by atoms with Crippen molar-refractivity contribution in [1.29, 1.82) is 0 Å². The molecule has 1 saturated carbocycles. The van der Waals surface area contributed by atoms with E-state index in [0.29, 0.717) is 32.4 Å². The van der Waals surface area contributed by atoms with Crippen LogP contribution in [0.25, 0.3) is 0 Å². The molecule has 0 spiro atoms. The van der Waals surface area contributed by atoms with Crippen LogP contribution in [0.15, 0.2) is 0 Å². The quantitative estimate of drug-likeness (QED) is 0.566. The zero-order valence-electron chi connectivity index (χ0n) is 12.4. The van der Waals surface area contributed by atoms with Gasteiger partial charge < -0.3 is 19.9 Å². The molecule has 1 fully saturated rings. The predicted octanol–water partition coefficient (Wildman–Crippen LogP) is 2.10. The van der Waals surface area contributed by atoms with Crippen LogP contribution in [0.4, 0.5) is 0 Å². The molecule has 1 aliphatic rings. The summed E-state index contributed by atoms with van der Waals surface area (Å²) in [5, 5.41) is 13.2. The molecule has 4 nitrogen and oxygen atoms in total. The van der Waals surface area contributed by atoms with Crippen LogP contribution < -0.4 is 5.32 Å². The molecule has 2 N–H and O–H groups in total. The van der Waals surface area contributed by atoms with Crippen LogP contribution in [0.5, 0.6) is 0 Å². The highest BCUT2D eigenvalue weighted by molar-refractivity contribution is 4.73. The van der Waals surface area contributed by atoms with Crippen molar-refractivity contribution in [3.63, 3.8) is 0 Å². The van der Waals surface area contributed by atoms with Crippen LogP contribution in [0.1, 0.15) is 51.9 Å². The third-order valence-corrected chi connectivity index (χ3v) is 3.57. The topological polar surface area (TPSA) is 50.7 Å². The smallest absolute Gasteiger partial charge is 0.0897 e. The lowest BCUT2D eigenvalue weighted by Crippen LogP contribution is -2.38. The molecule has 0 saturated heterocycles. The van der Waals surface area contributed by atoms with Crippen LogP contribution in [-0.2, 0) is 9.47 Å². The molecule has 4 heteroatoms. The fourth-order valence-corrected chi connectivity index (χ4v) is 2.35. The van der Waals surface area contributed by atoms with Crippen molar-refractivity contribution in [1.82, 2.24) is 5.32 Å². The zero-order chi connectivity index (χ0) is 13.8. The first-order chi connectivity index (χ1) is 9.33. The van der Waals surface area contributed by atoms with Gasteiger partial charge in [0.25, 0.3) is 0 Å². The predicted molar refractivity (Wildman–Crippen MR) is 77.4 cm³/mol. The maximum absolute atomic E-state index is 9.79. The molecule has 1 rings (SSSR count). The molecule has 0 aliphatic heterocycles. The van der Waals surface area contributed by atoms with E-state index in [-0.39, 0.29) is 0 Å². The number of aliphatic hydroxyl groups is 1. The molecule has 0 aromatic rings. The third kappa shape index (κ3) is 9.38. The average molecular weight is 273 g/mol. The van der Waals surface area contributed by atoms with Gasteiger partial charge in [0.1, 0.15) is 0 Å². The molecule has 0 bridgehead atoms. The van der Waals surface area contributed by atoms with Gasteiger partial charge in [0.15, 0.2) is 0 Å². The molecular formula is C15H31NO3. The minimum atomic E-state index is -0.405. The Kier molecular flexibility index (Phi) is 10.4. The van der Waals surface area contributed by atoms with E-state index in [4.69, 9.17) is 9.47 Å². The van der Waals surface area contributed by atoms with Crippen LogP contribution in [0, 0.1) is 0 Å². The van der Waals surface area contributed by atoms with Crippen LogP contribution >= 0.6 is 0 Å². The van der Waals surface area contributed by atoms with Crippen LogP contribution in [-0.4, -0.2) is 50.2 Å². The molecule has 114 valence electrons. The van der Waals surface area contributed by atoms with Crippen LogP contribution in [0.2, 0.25) is 0 Å². The van der Waals surface area contributed by atoms with Gasteiger partial charge in [-0.1, -0.05) is 32.6 Å². The van der Waals surface area contributed by atoms with Crippen LogP contribution in [0.3, 0.4) is 0 Å². The van der Waals surface area contributed by atoms with Gasteiger partial charge in [-0.3, -0.25) is 0 Å². The molecule has 0 radical (unpaired) electrons. The largest absolute Gasteiger partial charge is 0.389 e. The van der Waals surface area contributed by atoms with Gasteiger partial charge in [0.05, 0.1) is 25.9 Å². The van der Waals surface area contributed by atoms with Gasteiger partial charge >= 0.3 is 0 Å². The number of hydrogen-bond donors (Lipinski definition) is 2. The summed E-state index contributed by atoms with van der Waals surface area (Å²) in [5.41, 5.74) is 0. The maximum Gasteiger partial charge on any atom is 0.0897 e. The summed E-state index contributed by atoms with van der Waals surface area (Å²) in [5.74, 6) is 0. The van der Waals surface area contributed by atoms with Crippen molar-refractivity contribution < 1.29 is 14.6 Å². The molecule has 1 atom stereocenters. The first-order valence-corrected chi connectivity index (χ1v) is 7.90. The van der Waals surface area contributed by atoms with E-state index in [1.54, 1.807) is 0 Å². The Labute approximate surface area is 117 Å². The number of hydrogen-bond acceptors (Lipinski definition) is 4. The molecule has 0 aromatic carbocycles. The van der Waals surface area contributed by atoms with E-state index < -0.39 is 6.10 Å². The molecular weight excluding hydrogens is 242 g/mol. The number of unbranched alkanes of at least 4 members (excludes halogenated alkanes) is 1. The van der Waals surface area contributed by atoms with E-state index >= 15 is 0 Å². The fourth-order valence-electron chi connectivity index (χ4n) is 2.35. The van der Waals surface area contributed by atoms with Gasteiger partial charge in [-0.15, -0.1) is 0 Å². The van der Waals surface area contributed by atoms with Gasteiger partial charge in [0, 0.05) is 19.2 Å². The van der Waals surface area contributed by atoms with Crippen molar-refractivity contribution in [2.45, 2.75) is 64.0 Å². The van der Waals surface area contributed by atoms with Gasteiger partial charge in [-0.05, 0) is 19.3 Å². The summed E-state index contributed by atoms with van der Waals surface area (Å²) < 4.78 is 10.8. The van der Waals surface area contributed by atoms with Crippen molar-refractivity contribution in [2.24, 2.45) is 0 Å². The summed E-state index contributed by atoms with van der Waals surface area (Å²) in [7, 11) is 0. The van der Waals surface area contributed by atoms with E-state index in [2.05, 4.69) is 12.2 Å². The van der Waals surface area contributed by atoms with Gasteiger partial charge in [0.2, 0.25) is 0 Å². The first kappa shape index (κ1) is 16.9. The SMILES string of the molecule is CCCCOCCOCC(O)CNC1CCCCC1. The second-order valence-corrected chi connectivity index (χ2v) is 5.44.